The summed E-state index contributed by atoms with van der Waals surface area (Å²) in [5.41, 5.74) is 0.651. The van der Waals surface area contributed by atoms with E-state index in [-0.39, 0.29) is 23.7 Å². The minimum atomic E-state index is -0.520. The minimum Gasteiger partial charge on any atom is -0.493 e. The van der Waals surface area contributed by atoms with Crippen molar-refractivity contribution < 1.29 is 18.7 Å². The zero-order chi connectivity index (χ0) is 14.3. The smallest absolute Gasteiger partial charge is 0.341 e. The van der Waals surface area contributed by atoms with Crippen LogP contribution in [0, 0.1) is 12.7 Å². The lowest BCUT2D eigenvalue weighted by Gasteiger charge is -2.11. The topological polar surface area (TPSA) is 47.6 Å². The molecule has 0 radical (unpaired) electrons. The number of halogens is 2. The Hall–Kier alpha value is -1.33. The Morgan fingerprint density at radius 2 is 2.05 bits per heavy atom. The molecule has 114 valence electrons. The number of hydrogen-bond acceptors (Lipinski definition) is 4. The number of aryl methyl sites for hydroxylation is 1. The first-order valence-electron chi connectivity index (χ1n) is 6.26. The fraction of sp³-hybridized carbons (Fsp3) is 0.500. The molecule has 0 aliphatic rings. The highest BCUT2D eigenvalue weighted by molar-refractivity contribution is 5.92. The van der Waals surface area contributed by atoms with Gasteiger partial charge in [-0.05, 0) is 45.0 Å². The van der Waals surface area contributed by atoms with E-state index >= 15 is 0 Å². The lowest BCUT2D eigenvalue weighted by atomic mass is 10.1. The number of carbonyl (C=O) groups excluding carboxylic acids is 1. The van der Waals surface area contributed by atoms with Gasteiger partial charge in [0.25, 0.3) is 0 Å². The molecule has 1 aromatic carbocycles. The van der Waals surface area contributed by atoms with Crippen molar-refractivity contribution in [3.63, 3.8) is 0 Å². The molecule has 0 heterocycles. The van der Waals surface area contributed by atoms with Crippen LogP contribution >= 0.6 is 12.4 Å². The van der Waals surface area contributed by atoms with Crippen LogP contribution in [0.15, 0.2) is 12.1 Å². The molecular weight excluding hydrogens is 285 g/mol. The third kappa shape index (κ3) is 5.35. The second-order valence-corrected chi connectivity index (χ2v) is 4.25. The molecule has 1 N–H and O–H groups in total. The third-order valence-corrected chi connectivity index (χ3v) is 2.74. The SMILES string of the molecule is CNCCCCOc1cc(F)c(C)cc1C(=O)OC.Cl. The molecule has 1 aromatic rings. The second-order valence-electron chi connectivity index (χ2n) is 4.25. The maximum Gasteiger partial charge on any atom is 0.341 e. The number of esters is 1. The number of nitrogens with one attached hydrogen (secondary N) is 1. The van der Waals surface area contributed by atoms with Crippen LogP contribution in [0.4, 0.5) is 4.39 Å². The van der Waals surface area contributed by atoms with E-state index in [4.69, 9.17) is 4.74 Å². The van der Waals surface area contributed by atoms with Gasteiger partial charge in [-0.3, -0.25) is 0 Å². The van der Waals surface area contributed by atoms with Crippen LogP contribution in [0.3, 0.4) is 0 Å². The highest BCUT2D eigenvalue weighted by Crippen LogP contribution is 2.23. The van der Waals surface area contributed by atoms with E-state index in [2.05, 4.69) is 10.1 Å². The fourth-order valence-corrected chi connectivity index (χ4v) is 1.64. The number of methoxy groups -OCH3 is 1. The van der Waals surface area contributed by atoms with E-state index in [1.807, 2.05) is 7.05 Å². The van der Waals surface area contributed by atoms with Crippen molar-refractivity contribution in [1.82, 2.24) is 5.32 Å². The predicted molar refractivity (Wildman–Crippen MR) is 78.4 cm³/mol. The Kier molecular flexibility index (Phi) is 8.92. The summed E-state index contributed by atoms with van der Waals surface area (Å²) in [6, 6.07) is 2.68. The molecule has 0 saturated carbocycles. The molecule has 20 heavy (non-hydrogen) atoms. The lowest BCUT2D eigenvalue weighted by Crippen LogP contribution is -2.11. The van der Waals surface area contributed by atoms with E-state index in [1.54, 1.807) is 6.92 Å². The monoisotopic (exact) mass is 305 g/mol. The molecule has 0 amide bonds. The van der Waals surface area contributed by atoms with E-state index in [9.17, 15) is 9.18 Å². The van der Waals surface area contributed by atoms with Gasteiger partial charge in [0.2, 0.25) is 0 Å². The zero-order valence-corrected chi connectivity index (χ0v) is 12.8. The van der Waals surface area contributed by atoms with E-state index in [1.165, 1.54) is 19.2 Å². The first-order valence-corrected chi connectivity index (χ1v) is 6.26. The highest BCUT2D eigenvalue weighted by atomic mass is 35.5. The molecule has 0 atom stereocenters. The molecule has 0 bridgehead atoms. The predicted octanol–water partition coefficient (Wildman–Crippen LogP) is 2.72. The molecule has 1 rings (SSSR count). The van der Waals surface area contributed by atoms with Gasteiger partial charge in [0.15, 0.2) is 0 Å². The highest BCUT2D eigenvalue weighted by Gasteiger charge is 2.16. The minimum absolute atomic E-state index is 0. The van der Waals surface area contributed by atoms with Gasteiger partial charge >= 0.3 is 5.97 Å². The van der Waals surface area contributed by atoms with Gasteiger partial charge in [-0.1, -0.05) is 0 Å². The number of hydrogen-bond donors (Lipinski definition) is 1. The van der Waals surface area contributed by atoms with Gasteiger partial charge in [0.1, 0.15) is 17.1 Å². The van der Waals surface area contributed by atoms with Crippen LogP contribution in [-0.4, -0.2) is 33.3 Å². The number of unbranched alkanes of at least 4 members (excludes halogenated alkanes) is 1. The van der Waals surface area contributed by atoms with Crippen molar-refractivity contribution in [3.8, 4) is 5.75 Å². The molecule has 0 spiro atoms. The molecule has 0 aromatic heterocycles. The number of carbonyl (C=O) groups is 1. The van der Waals surface area contributed by atoms with Gasteiger partial charge < -0.3 is 14.8 Å². The summed E-state index contributed by atoms with van der Waals surface area (Å²) >= 11 is 0. The Labute approximate surface area is 125 Å². The Balaban J connectivity index is 0.00000361. The molecule has 0 aliphatic carbocycles. The molecule has 0 aliphatic heterocycles. The van der Waals surface area contributed by atoms with E-state index in [0.717, 1.165) is 19.4 Å². The van der Waals surface area contributed by atoms with Crippen LogP contribution in [0.1, 0.15) is 28.8 Å². The molecular formula is C14H21ClFNO3. The van der Waals surface area contributed by atoms with Crippen molar-refractivity contribution in [2.75, 3.05) is 27.3 Å². The van der Waals surface area contributed by atoms with Crippen LogP contribution in [0.2, 0.25) is 0 Å². The number of rotatable bonds is 7. The van der Waals surface area contributed by atoms with E-state index in [0.29, 0.717) is 12.2 Å². The summed E-state index contributed by atoms with van der Waals surface area (Å²) in [4.78, 5) is 11.6. The largest absolute Gasteiger partial charge is 0.493 e. The van der Waals surface area contributed by atoms with Crippen molar-refractivity contribution >= 4 is 18.4 Å². The van der Waals surface area contributed by atoms with Crippen molar-refractivity contribution in [3.05, 3.63) is 29.1 Å². The van der Waals surface area contributed by atoms with Gasteiger partial charge in [-0.15, -0.1) is 12.4 Å². The van der Waals surface area contributed by atoms with Gasteiger partial charge in [0.05, 0.1) is 13.7 Å². The lowest BCUT2D eigenvalue weighted by molar-refractivity contribution is 0.0595. The van der Waals surface area contributed by atoms with Crippen molar-refractivity contribution in [1.29, 1.82) is 0 Å². The van der Waals surface area contributed by atoms with Gasteiger partial charge in [-0.2, -0.15) is 0 Å². The Morgan fingerprint density at radius 3 is 2.65 bits per heavy atom. The average Bonchev–Trinajstić information content (AvgIpc) is 2.41. The quantitative estimate of drug-likeness (QED) is 0.621. The maximum atomic E-state index is 13.5. The van der Waals surface area contributed by atoms with Crippen LogP contribution in [0.5, 0.6) is 5.75 Å². The zero-order valence-electron chi connectivity index (χ0n) is 12.0. The molecule has 4 nitrogen and oxygen atoms in total. The fourth-order valence-electron chi connectivity index (χ4n) is 1.64. The second kappa shape index (κ2) is 9.55. The van der Waals surface area contributed by atoms with Gasteiger partial charge in [-0.25, -0.2) is 9.18 Å². The van der Waals surface area contributed by atoms with Crippen LogP contribution in [0.25, 0.3) is 0 Å². The molecule has 0 fully saturated rings. The molecule has 6 heteroatoms. The number of ether oxygens (including phenoxy) is 2. The first kappa shape index (κ1) is 18.7. The summed E-state index contributed by atoms with van der Waals surface area (Å²) in [5.74, 6) is -0.675. The standard InChI is InChI=1S/C14H20FNO3.ClH/c1-10-8-11(14(17)18-3)13(9-12(10)15)19-7-5-4-6-16-2;/h8-9,16H,4-7H2,1-3H3;1H. The number of benzene rings is 1. The van der Waals surface area contributed by atoms with Crippen LogP contribution < -0.4 is 10.1 Å². The third-order valence-electron chi connectivity index (χ3n) is 2.74. The summed E-state index contributed by atoms with van der Waals surface area (Å²) in [7, 11) is 3.17. The van der Waals surface area contributed by atoms with Crippen LogP contribution in [-0.2, 0) is 4.74 Å². The van der Waals surface area contributed by atoms with E-state index < -0.39 is 11.8 Å². The first-order chi connectivity index (χ1) is 9.10. The summed E-state index contributed by atoms with van der Waals surface area (Å²) in [6.07, 6.45) is 1.79. The maximum absolute atomic E-state index is 13.5. The normalized spacial score (nSPS) is 9.80. The average molecular weight is 306 g/mol. The van der Waals surface area contributed by atoms with Crippen molar-refractivity contribution in [2.45, 2.75) is 19.8 Å². The Morgan fingerprint density at radius 1 is 1.35 bits per heavy atom. The van der Waals surface area contributed by atoms with Crippen molar-refractivity contribution in [2.24, 2.45) is 0 Å². The summed E-state index contributed by atoms with van der Waals surface area (Å²) in [6.45, 7) is 2.93. The molecule has 0 unspecified atom stereocenters. The van der Waals surface area contributed by atoms with Gasteiger partial charge in [0, 0.05) is 6.07 Å². The summed E-state index contributed by atoms with van der Waals surface area (Å²) in [5, 5.41) is 3.03. The summed E-state index contributed by atoms with van der Waals surface area (Å²) < 4.78 is 23.7. The Bertz CT molecular complexity index is 441. The molecule has 0 saturated heterocycles.